The first kappa shape index (κ1) is 21.5. The fourth-order valence-corrected chi connectivity index (χ4v) is 4.56. The molecule has 1 aliphatic heterocycles. The predicted molar refractivity (Wildman–Crippen MR) is 100 cm³/mol. The number of nitro groups is 1. The fraction of sp³-hybridized carbons (Fsp3) is 0.278. The Labute approximate surface area is 169 Å². The van der Waals surface area contributed by atoms with Crippen LogP contribution in [0.25, 0.3) is 0 Å². The van der Waals surface area contributed by atoms with Gasteiger partial charge in [0.25, 0.3) is 5.69 Å². The predicted octanol–water partition coefficient (Wildman–Crippen LogP) is 3.00. The van der Waals surface area contributed by atoms with Gasteiger partial charge in [-0.15, -0.1) is 0 Å². The minimum absolute atomic E-state index is 0.000507. The second-order valence-electron chi connectivity index (χ2n) is 6.49. The number of alkyl halides is 3. The number of benzene rings is 2. The molecule has 0 aromatic heterocycles. The molecule has 1 heterocycles. The largest absolute Gasteiger partial charge is 0.416 e. The van der Waals surface area contributed by atoms with Gasteiger partial charge in [0, 0.05) is 32.2 Å². The second kappa shape index (κ2) is 7.92. The molecule has 0 atom stereocenters. The lowest BCUT2D eigenvalue weighted by molar-refractivity contribution is -0.384. The molecule has 1 saturated heterocycles. The van der Waals surface area contributed by atoms with E-state index in [1.165, 1.54) is 12.1 Å². The summed E-state index contributed by atoms with van der Waals surface area (Å²) >= 11 is 0. The van der Waals surface area contributed by atoms with Crippen LogP contribution < -0.4 is 4.90 Å². The van der Waals surface area contributed by atoms with Crippen molar-refractivity contribution in [3.8, 4) is 6.07 Å². The molecule has 1 aliphatic rings. The molecule has 0 bridgehead atoms. The van der Waals surface area contributed by atoms with Crippen molar-refractivity contribution in [2.45, 2.75) is 11.1 Å². The lowest BCUT2D eigenvalue weighted by atomic mass is 10.1. The lowest BCUT2D eigenvalue weighted by Gasteiger charge is -2.35. The summed E-state index contributed by atoms with van der Waals surface area (Å²) in [6, 6.07) is 9.11. The molecule has 0 amide bonds. The molecule has 8 nitrogen and oxygen atoms in total. The van der Waals surface area contributed by atoms with Gasteiger partial charge >= 0.3 is 6.18 Å². The molecule has 0 unspecified atom stereocenters. The van der Waals surface area contributed by atoms with Crippen molar-refractivity contribution in [2.75, 3.05) is 31.1 Å². The average Bonchev–Trinajstić information content (AvgIpc) is 2.72. The molecule has 0 N–H and O–H groups in total. The van der Waals surface area contributed by atoms with Crippen LogP contribution in [0.15, 0.2) is 47.4 Å². The molecular formula is C18H15F3N4O4S. The van der Waals surface area contributed by atoms with Crippen LogP contribution in [0.5, 0.6) is 0 Å². The van der Waals surface area contributed by atoms with Gasteiger partial charge in [-0.3, -0.25) is 10.1 Å². The molecule has 3 rings (SSSR count). The molecule has 0 aliphatic carbocycles. The van der Waals surface area contributed by atoms with Crippen molar-refractivity contribution in [1.82, 2.24) is 4.31 Å². The summed E-state index contributed by atoms with van der Waals surface area (Å²) in [5, 5.41) is 20.2. The van der Waals surface area contributed by atoms with Crippen molar-refractivity contribution in [1.29, 1.82) is 5.26 Å². The number of hydrogen-bond donors (Lipinski definition) is 0. The smallest absolute Gasteiger partial charge is 0.363 e. The monoisotopic (exact) mass is 440 g/mol. The van der Waals surface area contributed by atoms with Crippen molar-refractivity contribution >= 4 is 21.4 Å². The summed E-state index contributed by atoms with van der Waals surface area (Å²) in [6.45, 7) is 0.292. The van der Waals surface area contributed by atoms with Crippen LogP contribution in [0, 0.1) is 21.4 Å². The highest BCUT2D eigenvalue weighted by molar-refractivity contribution is 7.89. The number of anilines is 1. The molecule has 12 heteroatoms. The molecule has 0 radical (unpaired) electrons. The minimum Gasteiger partial charge on any atom is -0.363 e. The van der Waals surface area contributed by atoms with E-state index in [-0.39, 0.29) is 48.0 Å². The van der Waals surface area contributed by atoms with Crippen LogP contribution in [0.1, 0.15) is 11.1 Å². The van der Waals surface area contributed by atoms with Gasteiger partial charge in [-0.05, 0) is 36.4 Å². The summed E-state index contributed by atoms with van der Waals surface area (Å²) in [5.74, 6) is 0. The summed E-state index contributed by atoms with van der Waals surface area (Å²) in [6.07, 6.45) is -4.57. The Balaban J connectivity index is 1.77. The lowest BCUT2D eigenvalue weighted by Crippen LogP contribution is -2.48. The number of hydrogen-bond acceptors (Lipinski definition) is 6. The van der Waals surface area contributed by atoms with E-state index in [0.29, 0.717) is 12.1 Å². The topological polar surface area (TPSA) is 108 Å². The van der Waals surface area contributed by atoms with Crippen molar-refractivity contribution in [3.05, 3.63) is 63.7 Å². The number of halogens is 3. The zero-order chi connectivity index (χ0) is 22.1. The minimum atomic E-state index is -4.57. The van der Waals surface area contributed by atoms with E-state index < -0.39 is 26.7 Å². The summed E-state index contributed by atoms with van der Waals surface area (Å²) < 4.78 is 64.6. The van der Waals surface area contributed by atoms with Crippen molar-refractivity contribution < 1.29 is 26.5 Å². The summed E-state index contributed by atoms with van der Waals surface area (Å²) in [4.78, 5) is 12.1. The SMILES string of the molecule is N#Cc1ccc(N2CCN(S(=O)(=O)c3ccc(C(F)(F)F)cc3)CC2)c([N+](=O)[O-])c1. The number of piperazine rings is 1. The van der Waals surface area contributed by atoms with Crippen LogP contribution in [-0.4, -0.2) is 43.8 Å². The molecule has 1 fully saturated rings. The maximum absolute atomic E-state index is 12.7. The Morgan fingerprint density at radius 2 is 1.63 bits per heavy atom. The maximum atomic E-state index is 12.7. The standard InChI is InChI=1S/C18H15F3N4O4S/c19-18(20,21)14-2-4-15(5-3-14)30(28,29)24-9-7-23(8-10-24)16-6-1-13(12-22)11-17(16)25(26)27/h1-6,11H,7-10H2. The fourth-order valence-electron chi connectivity index (χ4n) is 3.14. The van der Waals surface area contributed by atoms with Gasteiger partial charge in [-0.25, -0.2) is 8.42 Å². The number of rotatable bonds is 4. The van der Waals surface area contributed by atoms with E-state index in [1.54, 1.807) is 4.90 Å². The average molecular weight is 440 g/mol. The molecule has 0 spiro atoms. The van der Waals surface area contributed by atoms with Crippen LogP contribution in [0.4, 0.5) is 24.5 Å². The highest BCUT2D eigenvalue weighted by atomic mass is 32.2. The Hall–Kier alpha value is -3.17. The maximum Gasteiger partial charge on any atom is 0.416 e. The second-order valence-corrected chi connectivity index (χ2v) is 8.42. The molecule has 2 aromatic rings. The number of nitrogens with zero attached hydrogens (tertiary/aromatic N) is 4. The normalized spacial score (nSPS) is 15.6. The highest BCUT2D eigenvalue weighted by Crippen LogP contribution is 2.32. The Kier molecular flexibility index (Phi) is 5.69. The van der Waals surface area contributed by atoms with Crippen LogP contribution >= 0.6 is 0 Å². The van der Waals surface area contributed by atoms with E-state index in [1.807, 2.05) is 6.07 Å². The molecule has 30 heavy (non-hydrogen) atoms. The highest BCUT2D eigenvalue weighted by Gasteiger charge is 2.33. The van der Waals surface area contributed by atoms with Crippen molar-refractivity contribution in [3.63, 3.8) is 0 Å². The third-order valence-electron chi connectivity index (χ3n) is 4.70. The number of nitro benzene ring substituents is 1. The number of sulfonamides is 1. The quantitative estimate of drug-likeness (QED) is 0.534. The van der Waals surface area contributed by atoms with Gasteiger partial charge in [0.15, 0.2) is 0 Å². The first-order valence-electron chi connectivity index (χ1n) is 8.65. The van der Waals surface area contributed by atoms with Gasteiger partial charge < -0.3 is 4.90 Å². The van der Waals surface area contributed by atoms with E-state index in [4.69, 9.17) is 5.26 Å². The zero-order valence-corrected chi connectivity index (χ0v) is 16.2. The van der Waals surface area contributed by atoms with Crippen LogP contribution in [0.2, 0.25) is 0 Å². The van der Waals surface area contributed by atoms with Gasteiger partial charge in [-0.2, -0.15) is 22.7 Å². The molecule has 2 aromatic carbocycles. The summed E-state index contributed by atoms with van der Waals surface area (Å²) in [7, 11) is -4.00. The van der Waals surface area contributed by atoms with Gasteiger partial charge in [0.1, 0.15) is 5.69 Å². The zero-order valence-electron chi connectivity index (χ0n) is 15.3. The van der Waals surface area contributed by atoms with Crippen LogP contribution in [-0.2, 0) is 16.2 Å². The van der Waals surface area contributed by atoms with Gasteiger partial charge in [-0.1, -0.05) is 0 Å². The Morgan fingerprint density at radius 3 is 2.13 bits per heavy atom. The summed E-state index contributed by atoms with van der Waals surface area (Å²) in [5.41, 5.74) is -0.799. The third kappa shape index (κ3) is 4.22. The van der Waals surface area contributed by atoms with Gasteiger partial charge in [0.2, 0.25) is 10.0 Å². The third-order valence-corrected chi connectivity index (χ3v) is 6.61. The van der Waals surface area contributed by atoms with E-state index in [0.717, 1.165) is 22.5 Å². The molecular weight excluding hydrogens is 425 g/mol. The first-order valence-corrected chi connectivity index (χ1v) is 10.1. The number of nitriles is 1. The van der Waals surface area contributed by atoms with Crippen molar-refractivity contribution in [2.24, 2.45) is 0 Å². The van der Waals surface area contributed by atoms with E-state index in [2.05, 4.69) is 0 Å². The van der Waals surface area contributed by atoms with Crippen LogP contribution in [0.3, 0.4) is 0 Å². The Morgan fingerprint density at radius 1 is 1.03 bits per heavy atom. The molecule has 0 saturated carbocycles. The Bertz CT molecular complexity index is 1100. The van der Waals surface area contributed by atoms with E-state index >= 15 is 0 Å². The first-order chi connectivity index (χ1) is 14.0. The van der Waals surface area contributed by atoms with Gasteiger partial charge in [0.05, 0.1) is 27.0 Å². The molecule has 158 valence electrons. The van der Waals surface area contributed by atoms with E-state index in [9.17, 15) is 31.7 Å².